The maximum Gasteiger partial charge on any atom is 0.140 e. The van der Waals surface area contributed by atoms with Crippen molar-refractivity contribution in [1.29, 1.82) is 0 Å². The van der Waals surface area contributed by atoms with E-state index in [9.17, 15) is 0 Å². The number of hydrogen-bond donors (Lipinski definition) is 1. The molecule has 21 heavy (non-hydrogen) atoms. The van der Waals surface area contributed by atoms with Gasteiger partial charge in [-0.3, -0.25) is 0 Å². The highest BCUT2D eigenvalue weighted by Gasteiger charge is 2.21. The van der Waals surface area contributed by atoms with Gasteiger partial charge in [0.1, 0.15) is 11.9 Å². The number of hydrogen-bond acceptors (Lipinski definition) is 2. The summed E-state index contributed by atoms with van der Waals surface area (Å²) >= 11 is 9.84. The molecule has 0 aromatic heterocycles. The van der Waals surface area contributed by atoms with E-state index in [1.165, 1.54) is 0 Å². The molecule has 2 unspecified atom stereocenters. The molecule has 0 aliphatic heterocycles. The number of benzene rings is 2. The largest absolute Gasteiger partial charge is 0.484 e. The molecule has 0 radical (unpaired) electrons. The monoisotopic (exact) mass is 367 g/mol. The van der Waals surface area contributed by atoms with Crippen molar-refractivity contribution in [2.24, 2.45) is 5.73 Å². The van der Waals surface area contributed by atoms with E-state index in [1.807, 2.05) is 57.2 Å². The van der Waals surface area contributed by atoms with Crippen molar-refractivity contribution in [2.75, 3.05) is 0 Å². The molecule has 2 aromatic rings. The molecule has 4 heteroatoms. The predicted molar refractivity (Wildman–Crippen MR) is 92.1 cm³/mol. The summed E-state index contributed by atoms with van der Waals surface area (Å²) in [5.74, 6) is 0.801. The second-order valence-electron chi connectivity index (χ2n) is 5.29. The molecule has 0 amide bonds. The van der Waals surface area contributed by atoms with Crippen LogP contribution in [0.15, 0.2) is 40.9 Å². The Morgan fingerprint density at radius 3 is 2.24 bits per heavy atom. The number of ether oxygens (including phenoxy) is 1. The minimum Gasteiger partial charge on any atom is -0.484 e. The highest BCUT2D eigenvalue weighted by molar-refractivity contribution is 9.10. The van der Waals surface area contributed by atoms with Gasteiger partial charge in [-0.1, -0.05) is 45.7 Å². The fourth-order valence-electron chi connectivity index (χ4n) is 2.28. The molecule has 2 nitrogen and oxygen atoms in total. The summed E-state index contributed by atoms with van der Waals surface area (Å²) in [5.41, 5.74) is 9.27. The van der Waals surface area contributed by atoms with Crippen molar-refractivity contribution in [3.05, 3.63) is 62.6 Å². The first-order valence-electron chi connectivity index (χ1n) is 6.83. The summed E-state index contributed by atoms with van der Waals surface area (Å²) in [4.78, 5) is 0. The molecular weight excluding hydrogens is 350 g/mol. The fourth-order valence-corrected chi connectivity index (χ4v) is 2.75. The Labute approximate surface area is 139 Å². The Balaban J connectivity index is 2.36. The third kappa shape index (κ3) is 3.79. The third-order valence-corrected chi connectivity index (χ3v) is 4.96. The van der Waals surface area contributed by atoms with E-state index in [-0.39, 0.29) is 12.1 Å². The van der Waals surface area contributed by atoms with Crippen LogP contribution in [0.3, 0.4) is 0 Å². The van der Waals surface area contributed by atoms with Crippen LogP contribution in [-0.2, 0) is 0 Å². The zero-order valence-corrected chi connectivity index (χ0v) is 14.7. The van der Waals surface area contributed by atoms with E-state index in [2.05, 4.69) is 15.9 Å². The van der Waals surface area contributed by atoms with Crippen LogP contribution in [0.5, 0.6) is 5.75 Å². The van der Waals surface area contributed by atoms with Gasteiger partial charge in [-0.2, -0.15) is 0 Å². The van der Waals surface area contributed by atoms with E-state index in [0.717, 1.165) is 26.9 Å². The molecule has 0 bridgehead atoms. The summed E-state index contributed by atoms with van der Waals surface area (Å²) in [5, 5.41) is 0.672. The molecule has 0 saturated heterocycles. The van der Waals surface area contributed by atoms with E-state index >= 15 is 0 Å². The molecule has 2 atom stereocenters. The highest BCUT2D eigenvalue weighted by Crippen LogP contribution is 2.32. The van der Waals surface area contributed by atoms with Crippen molar-refractivity contribution in [3.63, 3.8) is 0 Å². The number of halogens is 2. The number of rotatable bonds is 4. The molecule has 112 valence electrons. The van der Waals surface area contributed by atoms with E-state index < -0.39 is 0 Å². The molecule has 0 heterocycles. The summed E-state index contributed by atoms with van der Waals surface area (Å²) in [7, 11) is 0. The third-order valence-electron chi connectivity index (χ3n) is 3.36. The van der Waals surface area contributed by atoms with Gasteiger partial charge in [0.25, 0.3) is 0 Å². The predicted octanol–water partition coefficient (Wildman–Crippen LogP) is 5.19. The standard InChI is InChI=1S/C17H19BrClNO/c1-10-8-13(9-11(2)16(10)18)21-17(12(3)20)14-6-4-5-7-15(14)19/h4-9,12,17H,20H2,1-3H3. The average molecular weight is 369 g/mol. The van der Waals surface area contributed by atoms with Crippen molar-refractivity contribution in [2.45, 2.75) is 32.9 Å². The lowest BCUT2D eigenvalue weighted by Gasteiger charge is -2.24. The first-order valence-corrected chi connectivity index (χ1v) is 8.00. The maximum absolute atomic E-state index is 6.27. The van der Waals surface area contributed by atoms with Gasteiger partial charge in [-0.25, -0.2) is 0 Å². The van der Waals surface area contributed by atoms with Gasteiger partial charge in [-0.15, -0.1) is 0 Å². The number of nitrogens with two attached hydrogens (primary N) is 1. The van der Waals surface area contributed by atoms with E-state index in [0.29, 0.717) is 5.02 Å². The Bertz CT molecular complexity index is 619. The van der Waals surface area contributed by atoms with Crippen LogP contribution in [0, 0.1) is 13.8 Å². The van der Waals surface area contributed by atoms with Crippen molar-refractivity contribution >= 4 is 27.5 Å². The van der Waals surface area contributed by atoms with Gasteiger partial charge < -0.3 is 10.5 Å². The van der Waals surface area contributed by atoms with Crippen molar-refractivity contribution < 1.29 is 4.74 Å². The Morgan fingerprint density at radius 2 is 1.71 bits per heavy atom. The lowest BCUT2D eigenvalue weighted by Crippen LogP contribution is -2.29. The molecule has 0 saturated carbocycles. The van der Waals surface area contributed by atoms with Gasteiger partial charge in [0.2, 0.25) is 0 Å². The SMILES string of the molecule is Cc1cc(OC(c2ccccc2Cl)C(C)N)cc(C)c1Br. The van der Waals surface area contributed by atoms with Crippen LogP contribution in [0.1, 0.15) is 29.7 Å². The molecule has 2 rings (SSSR count). The van der Waals surface area contributed by atoms with Crippen LogP contribution < -0.4 is 10.5 Å². The Kier molecular flexibility index (Phi) is 5.31. The first kappa shape index (κ1) is 16.3. The lowest BCUT2D eigenvalue weighted by molar-refractivity contribution is 0.180. The molecule has 2 N–H and O–H groups in total. The van der Waals surface area contributed by atoms with Crippen LogP contribution >= 0.6 is 27.5 Å². The normalized spacial score (nSPS) is 13.8. The van der Waals surface area contributed by atoms with E-state index in [4.69, 9.17) is 22.1 Å². The summed E-state index contributed by atoms with van der Waals surface area (Å²) in [6.45, 7) is 6.01. The van der Waals surface area contributed by atoms with Crippen LogP contribution in [-0.4, -0.2) is 6.04 Å². The summed E-state index contributed by atoms with van der Waals surface area (Å²) < 4.78 is 7.23. The Hall–Kier alpha value is -1.03. The average Bonchev–Trinajstić information content (AvgIpc) is 2.42. The second-order valence-corrected chi connectivity index (χ2v) is 6.49. The zero-order chi connectivity index (χ0) is 15.6. The smallest absolute Gasteiger partial charge is 0.140 e. The minimum atomic E-state index is -0.279. The van der Waals surface area contributed by atoms with Crippen LogP contribution in [0.4, 0.5) is 0 Å². The fraction of sp³-hybridized carbons (Fsp3) is 0.294. The highest BCUT2D eigenvalue weighted by atomic mass is 79.9. The van der Waals surface area contributed by atoms with Gasteiger partial charge in [0.05, 0.1) is 0 Å². The molecule has 0 aliphatic carbocycles. The van der Waals surface area contributed by atoms with Crippen LogP contribution in [0.2, 0.25) is 5.02 Å². The maximum atomic E-state index is 6.27. The molecule has 0 spiro atoms. The molecule has 0 aliphatic rings. The number of aryl methyl sites for hydroxylation is 2. The minimum absolute atomic E-state index is 0.172. The van der Waals surface area contributed by atoms with Gasteiger partial charge in [0, 0.05) is 21.1 Å². The van der Waals surface area contributed by atoms with Gasteiger partial charge in [-0.05, 0) is 50.1 Å². The van der Waals surface area contributed by atoms with Crippen molar-refractivity contribution in [3.8, 4) is 5.75 Å². The molecule has 0 fully saturated rings. The quantitative estimate of drug-likeness (QED) is 0.806. The summed E-state index contributed by atoms with van der Waals surface area (Å²) in [6, 6.07) is 11.5. The van der Waals surface area contributed by atoms with Crippen molar-refractivity contribution in [1.82, 2.24) is 0 Å². The lowest BCUT2D eigenvalue weighted by atomic mass is 10.0. The molecule has 2 aromatic carbocycles. The van der Waals surface area contributed by atoms with Gasteiger partial charge in [0.15, 0.2) is 0 Å². The zero-order valence-electron chi connectivity index (χ0n) is 12.4. The topological polar surface area (TPSA) is 35.2 Å². The van der Waals surface area contributed by atoms with E-state index in [1.54, 1.807) is 0 Å². The Morgan fingerprint density at radius 1 is 1.14 bits per heavy atom. The van der Waals surface area contributed by atoms with Crippen LogP contribution in [0.25, 0.3) is 0 Å². The molecular formula is C17H19BrClNO. The first-order chi connectivity index (χ1) is 9.90. The summed E-state index contributed by atoms with van der Waals surface area (Å²) in [6.07, 6.45) is -0.279. The van der Waals surface area contributed by atoms with Gasteiger partial charge >= 0.3 is 0 Å². The second kappa shape index (κ2) is 6.82.